The average molecular weight is 592 g/mol. The van der Waals surface area contributed by atoms with Crippen molar-refractivity contribution in [2.75, 3.05) is 0 Å². The van der Waals surface area contributed by atoms with E-state index in [1.165, 1.54) is 0 Å². The van der Waals surface area contributed by atoms with Crippen molar-refractivity contribution in [3.8, 4) is 51.3 Å². The van der Waals surface area contributed by atoms with Crippen LogP contribution in [0, 0.1) is 0 Å². The van der Waals surface area contributed by atoms with E-state index in [-0.39, 0.29) is 0 Å². The van der Waals surface area contributed by atoms with Crippen molar-refractivity contribution in [2.45, 2.75) is 0 Å². The van der Waals surface area contributed by atoms with Gasteiger partial charge in [0.1, 0.15) is 5.52 Å². The fourth-order valence-electron chi connectivity index (χ4n) is 6.15. The fraction of sp³-hybridized carbons (Fsp3) is 0. The first-order chi connectivity index (χ1) is 22.8. The van der Waals surface area contributed by atoms with Gasteiger partial charge < -0.3 is 8.98 Å². The molecule has 0 radical (unpaired) electrons. The highest BCUT2D eigenvalue weighted by molar-refractivity contribution is 6.10. The van der Waals surface area contributed by atoms with Gasteiger partial charge in [-0.1, -0.05) is 109 Å². The second-order valence-electron chi connectivity index (χ2n) is 11.1. The molecule has 6 nitrogen and oxygen atoms in total. The maximum absolute atomic E-state index is 6.18. The zero-order chi connectivity index (χ0) is 30.5. The smallest absolute Gasteiger partial charge is 0.227 e. The Morgan fingerprint density at radius 1 is 0.435 bits per heavy atom. The van der Waals surface area contributed by atoms with Crippen LogP contribution >= 0.6 is 0 Å². The standard InChI is InChI=1S/C40H25N5O/c1-3-13-26(14-4-1)37-42-38(27-15-5-2-6-16-27)44-39(43-37)31-18-8-11-21-34(31)45-33-20-10-7-17-29(33)30-24-23-28(25-35(30)45)40-41-32-19-9-12-22-36(32)46-40/h1-25H. The Hall–Kier alpha value is -6.40. The summed E-state index contributed by atoms with van der Waals surface area (Å²) in [6.07, 6.45) is 0. The Morgan fingerprint density at radius 3 is 1.80 bits per heavy atom. The topological polar surface area (TPSA) is 69.6 Å². The first-order valence-electron chi connectivity index (χ1n) is 15.2. The zero-order valence-electron chi connectivity index (χ0n) is 24.6. The van der Waals surface area contributed by atoms with Crippen molar-refractivity contribution in [1.82, 2.24) is 24.5 Å². The first-order valence-corrected chi connectivity index (χ1v) is 15.2. The zero-order valence-corrected chi connectivity index (χ0v) is 24.6. The second kappa shape index (κ2) is 10.6. The number of para-hydroxylation sites is 4. The molecule has 0 unspecified atom stereocenters. The Kier molecular flexibility index (Phi) is 6.03. The molecule has 0 aliphatic rings. The molecule has 0 bridgehead atoms. The van der Waals surface area contributed by atoms with E-state index in [9.17, 15) is 0 Å². The minimum atomic E-state index is 0.589. The summed E-state index contributed by atoms with van der Waals surface area (Å²) in [7, 11) is 0. The molecule has 0 spiro atoms. The summed E-state index contributed by atoms with van der Waals surface area (Å²) < 4.78 is 8.47. The molecule has 46 heavy (non-hydrogen) atoms. The number of benzene rings is 6. The SMILES string of the molecule is c1ccc(-c2nc(-c3ccccc3)nc(-c3ccccc3-n3c4ccccc4c4ccc(-c5nc6ccccc6o5)cc43)n2)cc1. The summed E-state index contributed by atoms with van der Waals surface area (Å²) in [6, 6.07) is 51.1. The molecular weight excluding hydrogens is 566 g/mol. The Morgan fingerprint density at radius 2 is 1.04 bits per heavy atom. The molecular formula is C40H25N5O. The number of nitrogens with zero attached hydrogens (tertiary/aromatic N) is 5. The summed E-state index contributed by atoms with van der Waals surface area (Å²) in [6.45, 7) is 0. The molecule has 216 valence electrons. The van der Waals surface area contributed by atoms with Gasteiger partial charge in [0.25, 0.3) is 0 Å². The maximum Gasteiger partial charge on any atom is 0.227 e. The molecule has 0 N–H and O–H groups in total. The number of oxazole rings is 1. The van der Waals surface area contributed by atoms with Crippen molar-refractivity contribution in [2.24, 2.45) is 0 Å². The second-order valence-corrected chi connectivity index (χ2v) is 11.1. The third-order valence-electron chi connectivity index (χ3n) is 8.30. The highest BCUT2D eigenvalue weighted by atomic mass is 16.3. The van der Waals surface area contributed by atoms with Gasteiger partial charge in [-0.15, -0.1) is 0 Å². The molecule has 0 aliphatic heterocycles. The average Bonchev–Trinajstić information content (AvgIpc) is 3.71. The predicted octanol–water partition coefficient (Wildman–Crippen LogP) is 9.78. The number of rotatable bonds is 5. The van der Waals surface area contributed by atoms with Crippen LogP contribution in [0.5, 0.6) is 0 Å². The van der Waals surface area contributed by atoms with Gasteiger partial charge in [0.15, 0.2) is 23.1 Å². The monoisotopic (exact) mass is 591 g/mol. The molecule has 0 fully saturated rings. The van der Waals surface area contributed by atoms with Crippen LogP contribution in [0.15, 0.2) is 156 Å². The van der Waals surface area contributed by atoms with Crippen LogP contribution in [0.2, 0.25) is 0 Å². The first kappa shape index (κ1) is 26.0. The lowest BCUT2D eigenvalue weighted by molar-refractivity contribution is 0.620. The largest absolute Gasteiger partial charge is 0.436 e. The summed E-state index contributed by atoms with van der Waals surface area (Å²) in [5.41, 5.74) is 8.35. The Balaban J connectivity index is 1.29. The van der Waals surface area contributed by atoms with Crippen molar-refractivity contribution in [1.29, 1.82) is 0 Å². The van der Waals surface area contributed by atoms with E-state index < -0.39 is 0 Å². The molecule has 0 atom stereocenters. The van der Waals surface area contributed by atoms with Crippen LogP contribution in [0.3, 0.4) is 0 Å². The lowest BCUT2D eigenvalue weighted by atomic mass is 10.1. The lowest BCUT2D eigenvalue weighted by Crippen LogP contribution is -2.03. The normalized spacial score (nSPS) is 11.5. The molecule has 9 rings (SSSR count). The molecule has 0 amide bonds. The number of hydrogen-bond acceptors (Lipinski definition) is 5. The maximum atomic E-state index is 6.18. The van der Waals surface area contributed by atoms with Gasteiger partial charge >= 0.3 is 0 Å². The van der Waals surface area contributed by atoms with E-state index in [0.29, 0.717) is 23.4 Å². The summed E-state index contributed by atoms with van der Waals surface area (Å²) in [4.78, 5) is 19.8. The van der Waals surface area contributed by atoms with Gasteiger partial charge in [-0.25, -0.2) is 19.9 Å². The highest BCUT2D eigenvalue weighted by Gasteiger charge is 2.20. The highest BCUT2D eigenvalue weighted by Crippen LogP contribution is 2.38. The van der Waals surface area contributed by atoms with Crippen molar-refractivity contribution in [3.63, 3.8) is 0 Å². The van der Waals surface area contributed by atoms with Gasteiger partial charge in [0, 0.05) is 33.0 Å². The van der Waals surface area contributed by atoms with Crippen LogP contribution in [-0.4, -0.2) is 24.5 Å². The third-order valence-corrected chi connectivity index (χ3v) is 8.30. The van der Waals surface area contributed by atoms with Gasteiger partial charge in [0.05, 0.1) is 16.7 Å². The minimum absolute atomic E-state index is 0.589. The van der Waals surface area contributed by atoms with E-state index in [0.717, 1.165) is 60.8 Å². The van der Waals surface area contributed by atoms with Crippen molar-refractivity contribution >= 4 is 32.9 Å². The summed E-state index contributed by atoms with van der Waals surface area (Å²) >= 11 is 0. The lowest BCUT2D eigenvalue weighted by Gasteiger charge is -2.14. The molecule has 3 aromatic heterocycles. The van der Waals surface area contributed by atoms with Crippen LogP contribution in [-0.2, 0) is 0 Å². The predicted molar refractivity (Wildman–Crippen MR) is 183 cm³/mol. The molecule has 3 heterocycles. The van der Waals surface area contributed by atoms with Crippen LogP contribution in [0.25, 0.3) is 84.2 Å². The van der Waals surface area contributed by atoms with Gasteiger partial charge in [-0.3, -0.25) is 0 Å². The van der Waals surface area contributed by atoms with Gasteiger partial charge in [0.2, 0.25) is 5.89 Å². The van der Waals surface area contributed by atoms with Crippen molar-refractivity contribution in [3.05, 3.63) is 152 Å². The molecule has 0 saturated carbocycles. The van der Waals surface area contributed by atoms with Crippen LogP contribution < -0.4 is 0 Å². The fourth-order valence-corrected chi connectivity index (χ4v) is 6.15. The van der Waals surface area contributed by atoms with E-state index in [1.807, 2.05) is 91.0 Å². The number of fused-ring (bicyclic) bond motifs is 4. The van der Waals surface area contributed by atoms with Crippen LogP contribution in [0.1, 0.15) is 0 Å². The minimum Gasteiger partial charge on any atom is -0.436 e. The van der Waals surface area contributed by atoms with Crippen molar-refractivity contribution < 1.29 is 4.42 Å². The van der Waals surface area contributed by atoms with E-state index >= 15 is 0 Å². The third kappa shape index (κ3) is 4.35. The Labute approximate surface area is 264 Å². The Bertz CT molecular complexity index is 2440. The van der Waals surface area contributed by atoms with E-state index in [4.69, 9.17) is 24.4 Å². The number of aromatic nitrogens is 5. The number of hydrogen-bond donors (Lipinski definition) is 0. The summed E-state index contributed by atoms with van der Waals surface area (Å²) in [5, 5.41) is 2.29. The quantitative estimate of drug-likeness (QED) is 0.199. The summed E-state index contributed by atoms with van der Waals surface area (Å²) in [5.74, 6) is 2.44. The molecule has 9 aromatic rings. The molecule has 0 saturated heterocycles. The molecule has 6 aromatic carbocycles. The van der Waals surface area contributed by atoms with Gasteiger partial charge in [-0.2, -0.15) is 0 Å². The van der Waals surface area contributed by atoms with E-state index in [1.54, 1.807) is 0 Å². The molecule has 0 aliphatic carbocycles. The van der Waals surface area contributed by atoms with Gasteiger partial charge in [-0.05, 0) is 42.5 Å². The van der Waals surface area contributed by atoms with E-state index in [2.05, 4.69) is 65.2 Å². The molecule has 6 heteroatoms. The van der Waals surface area contributed by atoms with Crippen LogP contribution in [0.4, 0.5) is 0 Å².